The number of rotatable bonds is 3. The van der Waals surface area contributed by atoms with Gasteiger partial charge in [-0.1, -0.05) is 18.2 Å². The fraction of sp³-hybridized carbons (Fsp3) is 0.273. The molecule has 1 aromatic heterocycles. The Hall–Kier alpha value is -1.35. The molecule has 0 radical (unpaired) electrons. The quantitative estimate of drug-likeness (QED) is 0.791. The van der Waals surface area contributed by atoms with Crippen molar-refractivity contribution in [3.05, 3.63) is 36.5 Å². The summed E-state index contributed by atoms with van der Waals surface area (Å²) in [5, 5.41) is 1.14. The minimum atomic E-state index is -0.967. The van der Waals surface area contributed by atoms with Gasteiger partial charge in [0.05, 0.1) is 6.54 Å². The Kier molecular flexibility index (Phi) is 2.50. The van der Waals surface area contributed by atoms with Crippen LogP contribution >= 0.6 is 0 Å². The third kappa shape index (κ3) is 1.63. The maximum Gasteiger partial charge on any atom is 0.130 e. The summed E-state index contributed by atoms with van der Waals surface area (Å²) >= 11 is 0. The maximum atomic E-state index is 13.1. The van der Waals surface area contributed by atoms with E-state index in [1.165, 1.54) is 0 Å². The van der Waals surface area contributed by atoms with Crippen molar-refractivity contribution in [3.8, 4) is 0 Å². The fourth-order valence-corrected chi connectivity index (χ4v) is 1.59. The van der Waals surface area contributed by atoms with Crippen LogP contribution in [0.15, 0.2) is 36.5 Å². The highest BCUT2D eigenvalue weighted by molar-refractivity contribution is 5.79. The number of nitrogens with zero attached hydrogens (tertiary/aromatic N) is 1. The van der Waals surface area contributed by atoms with Crippen LogP contribution in [0.3, 0.4) is 0 Å². The molecule has 1 heterocycles. The van der Waals surface area contributed by atoms with Crippen LogP contribution in [0.4, 0.5) is 4.39 Å². The highest BCUT2D eigenvalue weighted by atomic mass is 19.1. The Morgan fingerprint density at radius 3 is 2.86 bits per heavy atom. The second-order valence-corrected chi connectivity index (χ2v) is 3.36. The minimum Gasteiger partial charge on any atom is -0.345 e. The molecule has 0 saturated carbocycles. The number of para-hydroxylation sites is 1. The van der Waals surface area contributed by atoms with Gasteiger partial charge in [-0.2, -0.15) is 0 Å². The smallest absolute Gasteiger partial charge is 0.130 e. The van der Waals surface area contributed by atoms with Crippen molar-refractivity contribution in [1.29, 1.82) is 0 Å². The molecule has 1 aromatic carbocycles. The lowest BCUT2D eigenvalue weighted by Crippen LogP contribution is -2.20. The normalized spacial score (nSPS) is 13.3. The standard InChI is InChI=1S/C11H13FN2/c12-10(7-13)8-14-6-5-9-3-1-2-4-11(9)14/h1-6,10H,7-8,13H2. The first-order valence-electron chi connectivity index (χ1n) is 4.69. The van der Waals surface area contributed by atoms with Crippen LogP contribution in [0.5, 0.6) is 0 Å². The zero-order valence-corrected chi connectivity index (χ0v) is 7.86. The van der Waals surface area contributed by atoms with Crippen LogP contribution in [0.25, 0.3) is 10.9 Å². The fourth-order valence-electron chi connectivity index (χ4n) is 1.59. The van der Waals surface area contributed by atoms with Gasteiger partial charge < -0.3 is 10.3 Å². The van der Waals surface area contributed by atoms with Crippen molar-refractivity contribution in [2.75, 3.05) is 6.54 Å². The highest BCUT2D eigenvalue weighted by Crippen LogP contribution is 2.15. The topological polar surface area (TPSA) is 30.9 Å². The Balaban J connectivity index is 2.33. The number of aromatic nitrogens is 1. The monoisotopic (exact) mass is 192 g/mol. The third-order valence-corrected chi connectivity index (χ3v) is 2.33. The molecule has 14 heavy (non-hydrogen) atoms. The molecule has 0 amide bonds. The molecule has 1 atom stereocenters. The van der Waals surface area contributed by atoms with Crippen LogP contribution in [-0.2, 0) is 6.54 Å². The Morgan fingerprint density at radius 2 is 2.07 bits per heavy atom. The van der Waals surface area contributed by atoms with Gasteiger partial charge in [-0.3, -0.25) is 0 Å². The molecule has 2 N–H and O–H groups in total. The molecule has 2 rings (SSSR count). The maximum absolute atomic E-state index is 13.1. The summed E-state index contributed by atoms with van der Waals surface area (Å²) in [5.74, 6) is 0. The molecule has 2 aromatic rings. The summed E-state index contributed by atoms with van der Waals surface area (Å²) in [6.45, 7) is 0.413. The van der Waals surface area contributed by atoms with E-state index in [0.717, 1.165) is 10.9 Å². The van der Waals surface area contributed by atoms with Crippen LogP contribution in [0.2, 0.25) is 0 Å². The van der Waals surface area contributed by atoms with Crippen molar-refractivity contribution in [2.45, 2.75) is 12.7 Å². The SMILES string of the molecule is NCC(F)Cn1ccc2ccccc21. The molecule has 74 valence electrons. The lowest BCUT2D eigenvalue weighted by molar-refractivity contribution is 0.306. The Morgan fingerprint density at radius 1 is 1.29 bits per heavy atom. The third-order valence-electron chi connectivity index (χ3n) is 2.33. The van der Waals surface area contributed by atoms with Crippen LogP contribution in [0, 0.1) is 0 Å². The number of halogens is 1. The molecule has 0 aliphatic heterocycles. The van der Waals surface area contributed by atoms with E-state index < -0.39 is 6.17 Å². The van der Waals surface area contributed by atoms with Gasteiger partial charge >= 0.3 is 0 Å². The van der Waals surface area contributed by atoms with E-state index in [1.54, 1.807) is 0 Å². The Labute approximate surface area is 82.1 Å². The minimum absolute atomic E-state index is 0.0759. The second kappa shape index (κ2) is 3.80. The molecule has 0 spiro atoms. The first kappa shape index (κ1) is 9.21. The lowest BCUT2D eigenvalue weighted by atomic mass is 10.2. The summed E-state index contributed by atoms with van der Waals surface area (Å²) in [5.41, 5.74) is 6.30. The largest absolute Gasteiger partial charge is 0.345 e. The lowest BCUT2D eigenvalue weighted by Gasteiger charge is -2.07. The van der Waals surface area contributed by atoms with Gasteiger partial charge in [-0.15, -0.1) is 0 Å². The van der Waals surface area contributed by atoms with E-state index in [9.17, 15) is 4.39 Å². The number of alkyl halides is 1. The summed E-state index contributed by atoms with van der Waals surface area (Å²) in [7, 11) is 0. The molecule has 3 heteroatoms. The van der Waals surface area contributed by atoms with Crippen LogP contribution in [-0.4, -0.2) is 17.3 Å². The van der Waals surface area contributed by atoms with E-state index >= 15 is 0 Å². The average molecular weight is 192 g/mol. The van der Waals surface area contributed by atoms with Gasteiger partial charge in [-0.05, 0) is 17.5 Å². The summed E-state index contributed by atoms with van der Waals surface area (Å²) in [6, 6.07) is 9.91. The number of benzene rings is 1. The second-order valence-electron chi connectivity index (χ2n) is 3.36. The molecule has 0 saturated heterocycles. The molecule has 0 aliphatic rings. The van der Waals surface area contributed by atoms with E-state index in [4.69, 9.17) is 5.73 Å². The van der Waals surface area contributed by atoms with Crippen molar-refractivity contribution >= 4 is 10.9 Å². The van der Waals surface area contributed by atoms with Crippen LogP contribution < -0.4 is 5.73 Å². The molecular formula is C11H13FN2. The molecule has 2 nitrogen and oxygen atoms in total. The van der Waals surface area contributed by atoms with Gasteiger partial charge in [-0.25, -0.2) is 4.39 Å². The number of hydrogen-bond donors (Lipinski definition) is 1. The number of hydrogen-bond acceptors (Lipinski definition) is 1. The highest BCUT2D eigenvalue weighted by Gasteiger charge is 2.06. The Bertz CT molecular complexity index is 422. The molecule has 0 fully saturated rings. The van der Waals surface area contributed by atoms with Gasteiger partial charge in [0.25, 0.3) is 0 Å². The van der Waals surface area contributed by atoms with E-state index in [2.05, 4.69) is 0 Å². The first-order chi connectivity index (χ1) is 6.81. The van der Waals surface area contributed by atoms with E-state index in [1.807, 2.05) is 41.1 Å². The van der Waals surface area contributed by atoms with Crippen LogP contribution in [0.1, 0.15) is 0 Å². The zero-order valence-electron chi connectivity index (χ0n) is 7.86. The van der Waals surface area contributed by atoms with Crippen molar-refractivity contribution in [3.63, 3.8) is 0 Å². The van der Waals surface area contributed by atoms with E-state index in [-0.39, 0.29) is 6.54 Å². The average Bonchev–Trinajstić information content (AvgIpc) is 2.62. The summed E-state index contributed by atoms with van der Waals surface area (Å²) in [4.78, 5) is 0. The predicted molar refractivity (Wildman–Crippen MR) is 55.9 cm³/mol. The van der Waals surface area contributed by atoms with Gasteiger partial charge in [0, 0.05) is 18.3 Å². The number of nitrogens with two attached hydrogens (primary N) is 1. The molecule has 0 bridgehead atoms. The van der Waals surface area contributed by atoms with Gasteiger partial charge in [0.15, 0.2) is 0 Å². The van der Waals surface area contributed by atoms with Crippen molar-refractivity contribution < 1.29 is 4.39 Å². The molecular weight excluding hydrogens is 179 g/mol. The van der Waals surface area contributed by atoms with Gasteiger partial charge in [0.2, 0.25) is 0 Å². The summed E-state index contributed by atoms with van der Waals surface area (Å²) < 4.78 is 15.0. The van der Waals surface area contributed by atoms with Gasteiger partial charge in [0.1, 0.15) is 6.17 Å². The first-order valence-corrected chi connectivity index (χ1v) is 4.69. The van der Waals surface area contributed by atoms with Crippen molar-refractivity contribution in [2.24, 2.45) is 5.73 Å². The van der Waals surface area contributed by atoms with E-state index in [0.29, 0.717) is 6.54 Å². The zero-order chi connectivity index (χ0) is 9.97. The predicted octanol–water partition coefficient (Wildman–Crippen LogP) is 1.94. The summed E-state index contributed by atoms with van der Waals surface area (Å²) in [6.07, 6.45) is 0.929. The number of fused-ring (bicyclic) bond motifs is 1. The molecule has 1 unspecified atom stereocenters. The molecule has 0 aliphatic carbocycles. The van der Waals surface area contributed by atoms with Crippen molar-refractivity contribution in [1.82, 2.24) is 4.57 Å².